The Morgan fingerprint density at radius 1 is 1.24 bits per heavy atom. The van der Waals surface area contributed by atoms with Crippen LogP contribution >= 0.6 is 22.7 Å². The van der Waals surface area contributed by atoms with E-state index in [1.165, 1.54) is 22.7 Å². The molecule has 0 saturated heterocycles. The first-order chi connectivity index (χ1) is 10.2. The summed E-state index contributed by atoms with van der Waals surface area (Å²) in [6.45, 7) is 1.94. The van der Waals surface area contributed by atoms with Crippen LogP contribution in [-0.4, -0.2) is 20.9 Å². The molecule has 0 fully saturated rings. The summed E-state index contributed by atoms with van der Waals surface area (Å²) in [5.41, 5.74) is 0.353. The Labute approximate surface area is 128 Å². The number of hydrogen-bond donors (Lipinski definition) is 2. The molecule has 21 heavy (non-hydrogen) atoms. The zero-order valence-electron chi connectivity index (χ0n) is 11.0. The van der Waals surface area contributed by atoms with Gasteiger partial charge in [0.1, 0.15) is 11.5 Å². The number of rotatable bonds is 4. The lowest BCUT2D eigenvalue weighted by molar-refractivity contribution is 0.102. The van der Waals surface area contributed by atoms with Crippen molar-refractivity contribution in [2.45, 2.75) is 6.92 Å². The van der Waals surface area contributed by atoms with E-state index in [4.69, 9.17) is 0 Å². The molecule has 2 N–H and O–H groups in total. The van der Waals surface area contributed by atoms with Gasteiger partial charge in [0.2, 0.25) is 0 Å². The predicted octanol–water partition coefficient (Wildman–Crippen LogP) is 3.30. The van der Waals surface area contributed by atoms with Crippen LogP contribution in [0, 0.1) is 6.92 Å². The summed E-state index contributed by atoms with van der Waals surface area (Å²) in [4.78, 5) is 25.6. The minimum Gasteiger partial charge on any atom is -0.316 e. The summed E-state index contributed by atoms with van der Waals surface area (Å²) in [6.07, 6.45) is 3.41. The first-order valence-electron chi connectivity index (χ1n) is 6.08. The molecule has 0 aromatic carbocycles. The number of nitrogens with zero attached hydrogens (tertiary/aromatic N) is 3. The van der Waals surface area contributed by atoms with Crippen molar-refractivity contribution in [2.75, 3.05) is 10.6 Å². The number of amides is 1. The van der Waals surface area contributed by atoms with Gasteiger partial charge >= 0.3 is 0 Å². The minimum absolute atomic E-state index is 0.269. The number of pyridine rings is 1. The fourth-order valence-electron chi connectivity index (χ4n) is 1.56. The van der Waals surface area contributed by atoms with E-state index in [-0.39, 0.29) is 5.91 Å². The van der Waals surface area contributed by atoms with E-state index in [0.29, 0.717) is 21.8 Å². The summed E-state index contributed by atoms with van der Waals surface area (Å²) in [6, 6.07) is 5.54. The maximum atomic E-state index is 12.0. The van der Waals surface area contributed by atoms with E-state index >= 15 is 0 Å². The number of aromatic nitrogens is 3. The third-order valence-corrected chi connectivity index (χ3v) is 4.06. The molecule has 0 aliphatic carbocycles. The molecule has 3 aromatic heterocycles. The lowest BCUT2D eigenvalue weighted by Gasteiger charge is -2.00. The number of carbonyl (C=O) groups excluding carboxylic acids is 1. The number of carbonyl (C=O) groups is 1. The van der Waals surface area contributed by atoms with E-state index in [1.807, 2.05) is 25.1 Å². The van der Waals surface area contributed by atoms with Crippen LogP contribution in [0.5, 0.6) is 0 Å². The van der Waals surface area contributed by atoms with E-state index in [2.05, 4.69) is 25.6 Å². The summed E-state index contributed by atoms with van der Waals surface area (Å²) in [7, 11) is 0. The Morgan fingerprint density at radius 2 is 2.14 bits per heavy atom. The molecule has 0 aliphatic rings. The van der Waals surface area contributed by atoms with Gasteiger partial charge in [-0.3, -0.25) is 10.1 Å². The predicted molar refractivity (Wildman–Crippen MR) is 84.4 cm³/mol. The van der Waals surface area contributed by atoms with Crippen LogP contribution in [0.15, 0.2) is 36.0 Å². The van der Waals surface area contributed by atoms with Crippen LogP contribution in [0.2, 0.25) is 0 Å². The second-order valence-corrected chi connectivity index (χ2v) is 6.20. The maximum Gasteiger partial charge on any atom is 0.276 e. The Morgan fingerprint density at radius 3 is 2.86 bits per heavy atom. The van der Waals surface area contributed by atoms with Crippen molar-refractivity contribution in [3.63, 3.8) is 0 Å². The smallest absolute Gasteiger partial charge is 0.276 e. The van der Waals surface area contributed by atoms with Gasteiger partial charge in [0.25, 0.3) is 5.91 Å². The van der Waals surface area contributed by atoms with Crippen LogP contribution in [0.3, 0.4) is 0 Å². The number of thiazole rings is 2. The van der Waals surface area contributed by atoms with Gasteiger partial charge in [-0.25, -0.2) is 15.0 Å². The topological polar surface area (TPSA) is 79.8 Å². The number of nitrogens with one attached hydrogen (secondary N) is 2. The largest absolute Gasteiger partial charge is 0.316 e. The van der Waals surface area contributed by atoms with Crippen LogP contribution in [0.1, 0.15) is 15.4 Å². The Balaban J connectivity index is 1.68. The second kappa shape index (κ2) is 5.98. The highest BCUT2D eigenvalue weighted by Crippen LogP contribution is 2.21. The average molecular weight is 317 g/mol. The van der Waals surface area contributed by atoms with Gasteiger partial charge in [0.05, 0.1) is 0 Å². The molecule has 3 rings (SSSR count). The molecule has 0 aliphatic heterocycles. The molecule has 6 nitrogen and oxygen atoms in total. The number of hydrogen-bond acceptors (Lipinski definition) is 7. The van der Waals surface area contributed by atoms with Gasteiger partial charge in [-0.1, -0.05) is 6.07 Å². The summed E-state index contributed by atoms with van der Waals surface area (Å²) < 4.78 is 0. The molecular formula is C13H11N5OS2. The maximum absolute atomic E-state index is 12.0. The third kappa shape index (κ3) is 3.41. The first-order valence-corrected chi connectivity index (χ1v) is 7.78. The molecule has 0 unspecified atom stereocenters. The minimum atomic E-state index is -0.269. The molecule has 8 heteroatoms. The van der Waals surface area contributed by atoms with E-state index < -0.39 is 0 Å². The molecule has 0 bridgehead atoms. The van der Waals surface area contributed by atoms with Crippen LogP contribution in [-0.2, 0) is 0 Å². The first kappa shape index (κ1) is 13.7. The summed E-state index contributed by atoms with van der Waals surface area (Å²) in [5.74, 6) is 0.420. The van der Waals surface area contributed by atoms with Crippen molar-refractivity contribution < 1.29 is 4.79 Å². The van der Waals surface area contributed by atoms with Gasteiger partial charge < -0.3 is 5.32 Å². The molecular weight excluding hydrogens is 306 g/mol. The molecule has 0 atom stereocenters. The number of aryl methyl sites for hydroxylation is 1. The van der Waals surface area contributed by atoms with Crippen molar-refractivity contribution in [2.24, 2.45) is 0 Å². The van der Waals surface area contributed by atoms with Crippen molar-refractivity contribution in [1.29, 1.82) is 0 Å². The zero-order chi connectivity index (χ0) is 14.7. The zero-order valence-corrected chi connectivity index (χ0v) is 12.7. The van der Waals surface area contributed by atoms with Gasteiger partial charge in [0, 0.05) is 22.7 Å². The summed E-state index contributed by atoms with van der Waals surface area (Å²) in [5, 5.41) is 8.66. The second-order valence-electron chi connectivity index (χ2n) is 4.11. The fourth-order valence-corrected chi connectivity index (χ4v) is 2.91. The highest BCUT2D eigenvalue weighted by molar-refractivity contribution is 7.15. The fraction of sp³-hybridized carbons (Fsp3) is 0.0769. The van der Waals surface area contributed by atoms with Crippen molar-refractivity contribution in [3.05, 3.63) is 46.5 Å². The normalized spacial score (nSPS) is 10.3. The van der Waals surface area contributed by atoms with Gasteiger partial charge in [-0.15, -0.1) is 22.7 Å². The Hall–Kier alpha value is -2.32. The highest BCUT2D eigenvalue weighted by Gasteiger charge is 2.12. The molecule has 0 spiro atoms. The van der Waals surface area contributed by atoms with Gasteiger partial charge in [0.15, 0.2) is 10.3 Å². The lowest BCUT2D eigenvalue weighted by Crippen LogP contribution is -2.12. The van der Waals surface area contributed by atoms with E-state index in [1.54, 1.807) is 17.8 Å². The number of anilines is 3. The third-order valence-electron chi connectivity index (χ3n) is 2.48. The molecule has 106 valence electrons. The molecule has 3 heterocycles. The highest BCUT2D eigenvalue weighted by atomic mass is 32.1. The van der Waals surface area contributed by atoms with Crippen molar-refractivity contribution in [1.82, 2.24) is 15.0 Å². The van der Waals surface area contributed by atoms with Gasteiger partial charge in [-0.2, -0.15) is 0 Å². The Bertz CT molecular complexity index is 753. The van der Waals surface area contributed by atoms with E-state index in [0.717, 1.165) is 4.88 Å². The van der Waals surface area contributed by atoms with Crippen molar-refractivity contribution >= 4 is 44.7 Å². The standard InChI is InChI=1S/C13H11N5OS2/c1-8-6-15-12(21-8)18-11(19)9-7-20-13(16-9)17-10-4-2-3-5-14-10/h2-7H,1H3,(H,14,16,17)(H,15,18,19). The van der Waals surface area contributed by atoms with Crippen molar-refractivity contribution in [3.8, 4) is 0 Å². The average Bonchev–Trinajstić information content (AvgIpc) is 3.09. The molecule has 3 aromatic rings. The van der Waals surface area contributed by atoms with E-state index in [9.17, 15) is 4.79 Å². The molecule has 0 radical (unpaired) electrons. The monoisotopic (exact) mass is 317 g/mol. The van der Waals surface area contributed by atoms with Crippen LogP contribution in [0.25, 0.3) is 0 Å². The van der Waals surface area contributed by atoms with Gasteiger partial charge in [-0.05, 0) is 19.1 Å². The van der Waals surface area contributed by atoms with Crippen LogP contribution in [0.4, 0.5) is 16.1 Å². The lowest BCUT2D eigenvalue weighted by atomic mass is 10.4. The molecule has 0 saturated carbocycles. The SMILES string of the molecule is Cc1cnc(NC(=O)c2csc(Nc3ccccn3)n2)s1. The van der Waals surface area contributed by atoms with Crippen LogP contribution < -0.4 is 10.6 Å². The summed E-state index contributed by atoms with van der Waals surface area (Å²) >= 11 is 2.78. The quantitative estimate of drug-likeness (QED) is 0.772. The Kier molecular flexibility index (Phi) is 3.89. The molecule has 1 amide bonds.